The van der Waals surface area contributed by atoms with Gasteiger partial charge in [0, 0.05) is 37.3 Å². The molecular weight excluding hydrogens is 214 g/mol. The van der Waals surface area contributed by atoms with Crippen molar-refractivity contribution in [3.63, 3.8) is 0 Å². The Kier molecular flexibility index (Phi) is 2.92. The molecule has 3 rings (SSSR count). The van der Waals surface area contributed by atoms with E-state index in [2.05, 4.69) is 21.5 Å². The molecule has 1 N–H and O–H groups in total. The molecule has 0 bridgehead atoms. The number of nitrogens with zero attached hydrogens (tertiary/aromatic N) is 3. The summed E-state index contributed by atoms with van der Waals surface area (Å²) in [5.74, 6) is 1.83. The maximum Gasteiger partial charge on any atom is 0.113 e. The second-order valence-electron chi connectivity index (χ2n) is 5.51. The third kappa shape index (κ3) is 2.11. The Morgan fingerprint density at radius 2 is 2.24 bits per heavy atom. The molecule has 0 saturated carbocycles. The summed E-state index contributed by atoms with van der Waals surface area (Å²) in [4.78, 5) is 7.01. The van der Waals surface area contributed by atoms with E-state index >= 15 is 0 Å². The molecule has 0 aliphatic carbocycles. The van der Waals surface area contributed by atoms with E-state index in [0.29, 0.717) is 5.92 Å². The second kappa shape index (κ2) is 4.42. The highest BCUT2D eigenvalue weighted by Gasteiger charge is 2.26. The molecule has 3 heterocycles. The predicted octanol–water partition coefficient (Wildman–Crippen LogP) is 0.999. The fraction of sp³-hybridized carbons (Fsp3) is 0.769. The standard InChI is InChI=1S/C13H21N3O/c1-15-5-2-3-10(9-15)13-14-8-11-7-12(17)4-6-16(11)13/h8,10,12,17H,2-7,9H2,1H3. The molecule has 0 aromatic carbocycles. The van der Waals surface area contributed by atoms with Crippen molar-refractivity contribution >= 4 is 0 Å². The van der Waals surface area contributed by atoms with Crippen molar-refractivity contribution in [2.24, 2.45) is 0 Å². The fourth-order valence-corrected chi connectivity index (χ4v) is 3.17. The first-order valence-electron chi connectivity index (χ1n) is 6.65. The van der Waals surface area contributed by atoms with Crippen LogP contribution in [0.15, 0.2) is 6.20 Å². The molecule has 0 spiro atoms. The summed E-state index contributed by atoms with van der Waals surface area (Å²) in [5.41, 5.74) is 1.21. The van der Waals surface area contributed by atoms with Crippen molar-refractivity contribution in [2.75, 3.05) is 20.1 Å². The third-order valence-electron chi connectivity index (χ3n) is 4.09. The Morgan fingerprint density at radius 1 is 1.35 bits per heavy atom. The molecule has 1 aromatic rings. The highest BCUT2D eigenvalue weighted by molar-refractivity contribution is 5.13. The molecule has 1 fully saturated rings. The molecule has 2 aliphatic rings. The molecule has 4 heteroatoms. The molecular formula is C13H21N3O. The summed E-state index contributed by atoms with van der Waals surface area (Å²) in [6, 6.07) is 0. The number of fused-ring (bicyclic) bond motifs is 1. The van der Waals surface area contributed by atoms with E-state index in [1.54, 1.807) is 0 Å². The van der Waals surface area contributed by atoms with Crippen LogP contribution in [0.25, 0.3) is 0 Å². The topological polar surface area (TPSA) is 41.3 Å². The molecule has 2 unspecified atom stereocenters. The average Bonchev–Trinajstić information content (AvgIpc) is 2.71. The molecule has 2 atom stereocenters. The van der Waals surface area contributed by atoms with E-state index in [-0.39, 0.29) is 6.10 Å². The summed E-state index contributed by atoms with van der Waals surface area (Å²) in [6.07, 6.45) is 5.97. The number of aliphatic hydroxyl groups is 1. The summed E-state index contributed by atoms with van der Waals surface area (Å²) in [5, 5.41) is 9.67. The number of rotatable bonds is 1. The second-order valence-corrected chi connectivity index (χ2v) is 5.51. The van der Waals surface area contributed by atoms with Crippen molar-refractivity contribution in [1.82, 2.24) is 14.5 Å². The number of hydrogen-bond acceptors (Lipinski definition) is 3. The third-order valence-corrected chi connectivity index (χ3v) is 4.09. The first-order chi connectivity index (χ1) is 8.24. The van der Waals surface area contributed by atoms with Gasteiger partial charge in [0.1, 0.15) is 5.82 Å². The van der Waals surface area contributed by atoms with Gasteiger partial charge in [-0.3, -0.25) is 0 Å². The van der Waals surface area contributed by atoms with Crippen LogP contribution in [0.1, 0.15) is 36.7 Å². The lowest BCUT2D eigenvalue weighted by Gasteiger charge is -2.31. The van der Waals surface area contributed by atoms with Crippen LogP contribution in [-0.2, 0) is 13.0 Å². The number of piperidine rings is 1. The van der Waals surface area contributed by atoms with Gasteiger partial charge in [-0.1, -0.05) is 0 Å². The quantitative estimate of drug-likeness (QED) is 0.789. The van der Waals surface area contributed by atoms with Crippen molar-refractivity contribution < 1.29 is 5.11 Å². The van der Waals surface area contributed by atoms with Gasteiger partial charge in [0.05, 0.1) is 6.10 Å². The van der Waals surface area contributed by atoms with Crippen molar-refractivity contribution in [3.8, 4) is 0 Å². The molecule has 17 heavy (non-hydrogen) atoms. The Hall–Kier alpha value is -0.870. The Balaban J connectivity index is 1.84. The number of aliphatic hydroxyl groups excluding tert-OH is 1. The van der Waals surface area contributed by atoms with Crippen LogP contribution in [0.2, 0.25) is 0 Å². The summed E-state index contributed by atoms with van der Waals surface area (Å²) in [6.45, 7) is 3.27. The van der Waals surface area contributed by atoms with Crippen molar-refractivity contribution in [1.29, 1.82) is 0 Å². The Bertz CT molecular complexity index is 401. The molecule has 2 aliphatic heterocycles. The van der Waals surface area contributed by atoms with Gasteiger partial charge in [-0.05, 0) is 32.9 Å². The predicted molar refractivity (Wildman–Crippen MR) is 66.0 cm³/mol. The lowest BCUT2D eigenvalue weighted by molar-refractivity contribution is 0.141. The largest absolute Gasteiger partial charge is 0.393 e. The van der Waals surface area contributed by atoms with Gasteiger partial charge in [0.15, 0.2) is 0 Å². The first kappa shape index (κ1) is 11.2. The maximum absolute atomic E-state index is 9.67. The number of likely N-dealkylation sites (N-methyl/N-ethyl adjacent to an activating group) is 1. The van der Waals surface area contributed by atoms with E-state index in [1.165, 1.54) is 30.9 Å². The van der Waals surface area contributed by atoms with Gasteiger partial charge in [-0.2, -0.15) is 0 Å². The van der Waals surface area contributed by atoms with E-state index in [1.807, 2.05) is 6.20 Å². The number of hydrogen-bond donors (Lipinski definition) is 1. The van der Waals surface area contributed by atoms with E-state index < -0.39 is 0 Å². The van der Waals surface area contributed by atoms with Crippen LogP contribution in [-0.4, -0.2) is 45.8 Å². The Labute approximate surface area is 102 Å². The normalized spacial score (nSPS) is 30.2. The number of likely N-dealkylation sites (tertiary alicyclic amines) is 1. The minimum atomic E-state index is -0.166. The summed E-state index contributed by atoms with van der Waals surface area (Å²) < 4.78 is 2.34. The van der Waals surface area contributed by atoms with Crippen molar-refractivity contribution in [2.45, 2.75) is 44.2 Å². The summed E-state index contributed by atoms with van der Waals surface area (Å²) >= 11 is 0. The van der Waals surface area contributed by atoms with E-state index in [4.69, 9.17) is 0 Å². The molecule has 94 valence electrons. The summed E-state index contributed by atoms with van der Waals surface area (Å²) in [7, 11) is 2.19. The van der Waals surface area contributed by atoms with Crippen LogP contribution < -0.4 is 0 Å². The van der Waals surface area contributed by atoms with Gasteiger partial charge < -0.3 is 14.6 Å². The maximum atomic E-state index is 9.67. The Morgan fingerprint density at radius 3 is 3.06 bits per heavy atom. The fourth-order valence-electron chi connectivity index (χ4n) is 3.17. The molecule has 1 aromatic heterocycles. The van der Waals surface area contributed by atoms with Crippen LogP contribution in [0.3, 0.4) is 0 Å². The van der Waals surface area contributed by atoms with Crippen molar-refractivity contribution in [3.05, 3.63) is 17.7 Å². The number of aromatic nitrogens is 2. The van der Waals surface area contributed by atoms with Crippen LogP contribution >= 0.6 is 0 Å². The zero-order valence-corrected chi connectivity index (χ0v) is 10.5. The smallest absolute Gasteiger partial charge is 0.113 e. The van der Waals surface area contributed by atoms with Crippen LogP contribution in [0, 0.1) is 0 Å². The van der Waals surface area contributed by atoms with Gasteiger partial charge in [0.25, 0.3) is 0 Å². The van der Waals surface area contributed by atoms with Crippen LogP contribution in [0.5, 0.6) is 0 Å². The molecule has 4 nitrogen and oxygen atoms in total. The van der Waals surface area contributed by atoms with Gasteiger partial charge in [-0.25, -0.2) is 4.98 Å². The minimum Gasteiger partial charge on any atom is -0.393 e. The molecule has 0 amide bonds. The first-order valence-corrected chi connectivity index (χ1v) is 6.65. The highest BCUT2D eigenvalue weighted by Crippen LogP contribution is 2.28. The van der Waals surface area contributed by atoms with E-state index in [0.717, 1.165) is 25.9 Å². The monoisotopic (exact) mass is 235 g/mol. The molecule has 0 radical (unpaired) electrons. The average molecular weight is 235 g/mol. The highest BCUT2D eigenvalue weighted by atomic mass is 16.3. The molecule has 1 saturated heterocycles. The zero-order chi connectivity index (χ0) is 11.8. The van der Waals surface area contributed by atoms with Gasteiger partial charge in [-0.15, -0.1) is 0 Å². The zero-order valence-electron chi connectivity index (χ0n) is 10.5. The van der Waals surface area contributed by atoms with E-state index in [9.17, 15) is 5.11 Å². The van der Waals surface area contributed by atoms with Crippen LogP contribution in [0.4, 0.5) is 0 Å². The van der Waals surface area contributed by atoms with Gasteiger partial charge >= 0.3 is 0 Å². The number of imidazole rings is 1. The van der Waals surface area contributed by atoms with Gasteiger partial charge in [0.2, 0.25) is 0 Å². The lowest BCUT2D eigenvalue weighted by atomic mass is 9.97. The lowest BCUT2D eigenvalue weighted by Crippen LogP contribution is -2.33. The minimum absolute atomic E-state index is 0.166. The SMILES string of the molecule is CN1CCCC(c2ncc3n2CCC(O)C3)C1.